The second kappa shape index (κ2) is 5.48. The molecule has 0 bridgehead atoms. The Morgan fingerprint density at radius 1 is 1.53 bits per heavy atom. The van der Waals surface area contributed by atoms with Crippen LogP contribution < -0.4 is 4.74 Å². The highest BCUT2D eigenvalue weighted by Crippen LogP contribution is 2.14. The van der Waals surface area contributed by atoms with Gasteiger partial charge in [0.1, 0.15) is 0 Å². The fourth-order valence-electron chi connectivity index (χ4n) is 1.66. The van der Waals surface area contributed by atoms with E-state index in [4.69, 9.17) is 9.47 Å². The highest BCUT2D eigenvalue weighted by molar-refractivity contribution is 5.95. The lowest BCUT2D eigenvalue weighted by atomic mass is 10.1. The van der Waals surface area contributed by atoms with E-state index in [0.717, 1.165) is 18.4 Å². The van der Waals surface area contributed by atoms with Crippen molar-refractivity contribution in [3.63, 3.8) is 0 Å². The molecule has 0 radical (unpaired) electrons. The Labute approximate surface area is 100 Å². The zero-order chi connectivity index (χ0) is 12.1. The zero-order valence-electron chi connectivity index (χ0n) is 9.81. The average molecular weight is 233 g/mol. The highest BCUT2D eigenvalue weighted by Gasteiger charge is 2.14. The van der Waals surface area contributed by atoms with Crippen LogP contribution in [0.25, 0.3) is 0 Å². The molecule has 2 rings (SSSR count). The molecule has 2 heterocycles. The number of pyridine rings is 1. The first kappa shape index (κ1) is 11.6. The molecular formula is C13H15NO3. The summed E-state index contributed by atoms with van der Waals surface area (Å²) in [6.07, 6.45) is 5.74. The minimum atomic E-state index is 0.0108. The van der Waals surface area contributed by atoms with Crippen molar-refractivity contribution in [1.29, 1.82) is 0 Å². The van der Waals surface area contributed by atoms with Gasteiger partial charge in [0.2, 0.25) is 11.7 Å². The van der Waals surface area contributed by atoms with Crippen molar-refractivity contribution in [2.75, 3.05) is 13.7 Å². The third kappa shape index (κ3) is 3.06. The van der Waals surface area contributed by atoms with E-state index >= 15 is 0 Å². The molecule has 0 atom stereocenters. The molecule has 1 aromatic rings. The molecule has 0 aliphatic carbocycles. The maximum atomic E-state index is 11.9. The predicted octanol–water partition coefficient (Wildman–Crippen LogP) is 1.90. The van der Waals surface area contributed by atoms with Gasteiger partial charge in [-0.2, -0.15) is 0 Å². The second-order valence-electron chi connectivity index (χ2n) is 3.87. The zero-order valence-corrected chi connectivity index (χ0v) is 9.81. The summed E-state index contributed by atoms with van der Waals surface area (Å²) in [7, 11) is 1.56. The van der Waals surface area contributed by atoms with E-state index in [0.29, 0.717) is 24.7 Å². The van der Waals surface area contributed by atoms with Gasteiger partial charge < -0.3 is 9.47 Å². The number of ketones is 1. The molecule has 1 aliphatic rings. The van der Waals surface area contributed by atoms with Gasteiger partial charge in [-0.15, -0.1) is 0 Å². The molecule has 0 amide bonds. The quantitative estimate of drug-likeness (QED) is 0.796. The smallest absolute Gasteiger partial charge is 0.212 e. The van der Waals surface area contributed by atoms with E-state index in [9.17, 15) is 4.79 Å². The largest absolute Gasteiger partial charge is 0.490 e. The van der Waals surface area contributed by atoms with Crippen LogP contribution in [0.2, 0.25) is 0 Å². The van der Waals surface area contributed by atoms with Gasteiger partial charge in [-0.05, 0) is 24.5 Å². The molecule has 4 heteroatoms. The fourth-order valence-corrected chi connectivity index (χ4v) is 1.66. The summed E-state index contributed by atoms with van der Waals surface area (Å²) < 4.78 is 10.3. The third-order valence-corrected chi connectivity index (χ3v) is 2.58. The number of allylic oxidation sites excluding steroid dienone is 2. The molecule has 0 unspecified atom stereocenters. The summed E-state index contributed by atoms with van der Waals surface area (Å²) >= 11 is 0. The summed E-state index contributed by atoms with van der Waals surface area (Å²) in [5.41, 5.74) is 0.867. The SMILES string of the molecule is COc1ccc(CC(=O)C2=CCCCO2)cn1. The molecule has 1 aliphatic heterocycles. The molecule has 0 N–H and O–H groups in total. The number of carbonyl (C=O) groups is 1. The minimum Gasteiger partial charge on any atom is -0.490 e. The maximum Gasteiger partial charge on any atom is 0.212 e. The van der Waals surface area contributed by atoms with Crippen molar-refractivity contribution >= 4 is 5.78 Å². The lowest BCUT2D eigenvalue weighted by molar-refractivity contribution is -0.118. The Kier molecular flexibility index (Phi) is 3.75. The monoisotopic (exact) mass is 233 g/mol. The van der Waals surface area contributed by atoms with Crippen LogP contribution in [0.4, 0.5) is 0 Å². The number of aromatic nitrogens is 1. The van der Waals surface area contributed by atoms with E-state index < -0.39 is 0 Å². The number of hydrogen-bond acceptors (Lipinski definition) is 4. The van der Waals surface area contributed by atoms with E-state index in [1.807, 2.05) is 12.1 Å². The van der Waals surface area contributed by atoms with E-state index in [-0.39, 0.29) is 5.78 Å². The van der Waals surface area contributed by atoms with Gasteiger partial charge in [-0.3, -0.25) is 4.79 Å². The van der Waals surface area contributed by atoms with Crippen molar-refractivity contribution in [2.24, 2.45) is 0 Å². The van der Waals surface area contributed by atoms with Crippen LogP contribution in [0.5, 0.6) is 5.88 Å². The van der Waals surface area contributed by atoms with Gasteiger partial charge in [0, 0.05) is 18.7 Å². The molecular weight excluding hydrogens is 218 g/mol. The lowest BCUT2D eigenvalue weighted by Gasteiger charge is -2.13. The molecule has 17 heavy (non-hydrogen) atoms. The van der Waals surface area contributed by atoms with Crippen LogP contribution in [0, 0.1) is 0 Å². The Morgan fingerprint density at radius 2 is 2.41 bits per heavy atom. The highest BCUT2D eigenvalue weighted by atomic mass is 16.5. The van der Waals surface area contributed by atoms with Crippen molar-refractivity contribution in [3.8, 4) is 5.88 Å². The van der Waals surface area contributed by atoms with E-state index in [1.54, 1.807) is 19.4 Å². The van der Waals surface area contributed by atoms with Crippen molar-refractivity contribution in [3.05, 3.63) is 35.7 Å². The summed E-state index contributed by atoms with van der Waals surface area (Å²) in [5, 5.41) is 0. The van der Waals surface area contributed by atoms with Crippen LogP contribution in [0.15, 0.2) is 30.2 Å². The standard InChI is InChI=1S/C13H15NO3/c1-16-13-6-5-10(9-14-13)8-11(15)12-4-2-3-7-17-12/h4-6,9H,2-3,7-8H2,1H3. The van der Waals surface area contributed by atoms with Crippen LogP contribution in [-0.4, -0.2) is 24.5 Å². The summed E-state index contributed by atoms with van der Waals surface area (Å²) in [4.78, 5) is 15.9. The number of methoxy groups -OCH3 is 1. The fraction of sp³-hybridized carbons (Fsp3) is 0.385. The first-order valence-electron chi connectivity index (χ1n) is 5.64. The Balaban J connectivity index is 1.99. The van der Waals surface area contributed by atoms with Gasteiger partial charge in [0.15, 0.2) is 5.76 Å². The maximum absolute atomic E-state index is 11.9. The number of nitrogens with zero attached hydrogens (tertiary/aromatic N) is 1. The molecule has 0 fully saturated rings. The van der Waals surface area contributed by atoms with E-state index in [1.165, 1.54) is 0 Å². The number of rotatable bonds is 4. The van der Waals surface area contributed by atoms with Crippen LogP contribution >= 0.6 is 0 Å². The first-order chi connectivity index (χ1) is 8.29. The lowest BCUT2D eigenvalue weighted by Crippen LogP contribution is -2.13. The topological polar surface area (TPSA) is 48.4 Å². The number of Topliss-reactive ketones (excluding diaryl/α,β-unsaturated/α-hetero) is 1. The number of carbonyl (C=O) groups excluding carboxylic acids is 1. The van der Waals surface area contributed by atoms with Gasteiger partial charge in [0.05, 0.1) is 13.7 Å². The Morgan fingerprint density at radius 3 is 3.00 bits per heavy atom. The van der Waals surface area contributed by atoms with Crippen molar-refractivity contribution in [2.45, 2.75) is 19.3 Å². The molecule has 1 aromatic heterocycles. The van der Waals surface area contributed by atoms with Crippen molar-refractivity contribution < 1.29 is 14.3 Å². The van der Waals surface area contributed by atoms with Crippen LogP contribution in [-0.2, 0) is 16.0 Å². The van der Waals surface area contributed by atoms with E-state index in [2.05, 4.69) is 4.98 Å². The number of hydrogen-bond donors (Lipinski definition) is 0. The van der Waals surface area contributed by atoms with Crippen LogP contribution in [0.3, 0.4) is 0 Å². The first-order valence-corrected chi connectivity index (χ1v) is 5.64. The van der Waals surface area contributed by atoms with Crippen LogP contribution in [0.1, 0.15) is 18.4 Å². The minimum absolute atomic E-state index is 0.0108. The molecule has 0 spiro atoms. The van der Waals surface area contributed by atoms with Gasteiger partial charge in [-0.1, -0.05) is 6.07 Å². The van der Waals surface area contributed by atoms with Gasteiger partial charge >= 0.3 is 0 Å². The molecule has 90 valence electrons. The predicted molar refractivity (Wildman–Crippen MR) is 62.8 cm³/mol. The van der Waals surface area contributed by atoms with Gasteiger partial charge in [0.25, 0.3) is 0 Å². The van der Waals surface area contributed by atoms with Crippen molar-refractivity contribution in [1.82, 2.24) is 4.98 Å². The van der Waals surface area contributed by atoms with Gasteiger partial charge in [-0.25, -0.2) is 4.98 Å². The second-order valence-corrected chi connectivity index (χ2v) is 3.87. The Bertz CT molecular complexity index is 423. The Hall–Kier alpha value is -1.84. The third-order valence-electron chi connectivity index (χ3n) is 2.58. The molecule has 4 nitrogen and oxygen atoms in total. The normalized spacial score (nSPS) is 14.8. The summed E-state index contributed by atoms with van der Waals surface area (Å²) in [6, 6.07) is 3.59. The number of ether oxygens (including phenoxy) is 2. The summed E-state index contributed by atoms with van der Waals surface area (Å²) in [6.45, 7) is 0.637. The molecule has 0 aromatic carbocycles. The summed E-state index contributed by atoms with van der Waals surface area (Å²) in [5.74, 6) is 1.05. The average Bonchev–Trinajstić information content (AvgIpc) is 2.40. The molecule has 0 saturated carbocycles. The molecule has 0 saturated heterocycles.